The third kappa shape index (κ3) is 6.28. The maximum atomic E-state index is 11.3. The Morgan fingerprint density at radius 1 is 1.21 bits per heavy atom. The zero-order valence-corrected chi connectivity index (χ0v) is 9.43. The fraction of sp³-hybridized carbons (Fsp3) is 1.00. The van der Waals surface area contributed by atoms with Gasteiger partial charge in [-0.2, -0.15) is 17.9 Å². The highest BCUT2D eigenvalue weighted by Crippen LogP contribution is 2.00. The lowest BCUT2D eigenvalue weighted by Crippen LogP contribution is -2.51. The molecule has 0 aromatic heterocycles. The Morgan fingerprint density at radius 2 is 1.64 bits per heavy atom. The van der Waals surface area contributed by atoms with E-state index in [4.69, 9.17) is 10.2 Å². The molecule has 0 heterocycles. The number of hydrogen-bond acceptors (Lipinski definition) is 4. The van der Waals surface area contributed by atoms with Gasteiger partial charge >= 0.3 is 0 Å². The van der Waals surface area contributed by atoms with Gasteiger partial charge in [0.2, 0.25) is 0 Å². The van der Waals surface area contributed by atoms with E-state index in [-0.39, 0.29) is 0 Å². The second-order valence-electron chi connectivity index (χ2n) is 4.04. The molecule has 0 atom stereocenters. The fourth-order valence-electron chi connectivity index (χ4n) is 0.784. The summed E-state index contributed by atoms with van der Waals surface area (Å²) in [7, 11) is -3.68. The molecule has 0 rings (SSSR count). The Hall–Kier alpha value is -0.210. The molecule has 0 saturated carbocycles. The predicted molar refractivity (Wildman–Crippen MR) is 52.9 cm³/mol. The topological polar surface area (TPSA) is 98.7 Å². The highest BCUT2D eigenvalue weighted by molar-refractivity contribution is 7.87. The summed E-state index contributed by atoms with van der Waals surface area (Å²) in [6, 6.07) is -0.866. The van der Waals surface area contributed by atoms with Crippen molar-refractivity contribution in [2.24, 2.45) is 0 Å². The molecular weight excluding hydrogens is 208 g/mol. The Kier molecular flexibility index (Phi) is 4.96. The van der Waals surface area contributed by atoms with Gasteiger partial charge in [-0.15, -0.1) is 0 Å². The minimum atomic E-state index is -3.68. The van der Waals surface area contributed by atoms with Gasteiger partial charge in [-0.25, -0.2) is 0 Å². The van der Waals surface area contributed by atoms with Gasteiger partial charge in [-0.05, 0) is 20.8 Å². The summed E-state index contributed by atoms with van der Waals surface area (Å²) in [5, 5.41) is 17.3. The van der Waals surface area contributed by atoms with Crippen molar-refractivity contribution in [2.45, 2.75) is 32.4 Å². The highest BCUT2D eigenvalue weighted by Gasteiger charge is 2.22. The van der Waals surface area contributed by atoms with Crippen LogP contribution in [-0.2, 0) is 10.2 Å². The average Bonchev–Trinajstić information content (AvgIpc) is 1.95. The first kappa shape index (κ1) is 13.8. The second kappa shape index (κ2) is 5.04. The summed E-state index contributed by atoms with van der Waals surface area (Å²) >= 11 is 0. The van der Waals surface area contributed by atoms with Gasteiger partial charge in [-0.1, -0.05) is 0 Å². The summed E-state index contributed by atoms with van der Waals surface area (Å²) in [4.78, 5) is 0. The van der Waals surface area contributed by atoms with E-state index in [2.05, 4.69) is 9.44 Å². The van der Waals surface area contributed by atoms with Crippen LogP contribution in [0.1, 0.15) is 20.8 Å². The van der Waals surface area contributed by atoms with Crippen molar-refractivity contribution < 1.29 is 18.6 Å². The van der Waals surface area contributed by atoms with Crippen LogP contribution in [0.3, 0.4) is 0 Å². The van der Waals surface area contributed by atoms with Crippen molar-refractivity contribution in [1.82, 2.24) is 9.44 Å². The molecule has 0 radical (unpaired) electrons. The summed E-state index contributed by atoms with van der Waals surface area (Å²) in [6.45, 7) is 4.19. The lowest BCUT2D eigenvalue weighted by molar-refractivity contribution is 0.184. The third-order valence-corrected chi connectivity index (χ3v) is 2.73. The van der Waals surface area contributed by atoms with Crippen molar-refractivity contribution in [1.29, 1.82) is 0 Å². The van der Waals surface area contributed by atoms with Crippen LogP contribution < -0.4 is 9.44 Å². The average molecular weight is 226 g/mol. The molecule has 14 heavy (non-hydrogen) atoms. The van der Waals surface area contributed by atoms with Crippen LogP contribution in [0.5, 0.6) is 0 Å². The molecule has 0 spiro atoms. The molecule has 0 saturated heterocycles. The first-order valence-corrected chi connectivity index (χ1v) is 5.71. The van der Waals surface area contributed by atoms with Gasteiger partial charge in [-0.3, -0.25) is 0 Å². The Morgan fingerprint density at radius 3 is 1.93 bits per heavy atom. The van der Waals surface area contributed by atoms with Gasteiger partial charge in [0.05, 0.1) is 19.3 Å². The van der Waals surface area contributed by atoms with Crippen LogP contribution in [0.2, 0.25) is 0 Å². The first-order chi connectivity index (χ1) is 6.20. The molecule has 4 N–H and O–H groups in total. The van der Waals surface area contributed by atoms with Crippen LogP contribution in [-0.4, -0.2) is 43.4 Å². The largest absolute Gasteiger partial charge is 0.395 e. The zero-order valence-electron chi connectivity index (χ0n) is 8.61. The second-order valence-corrected chi connectivity index (χ2v) is 5.48. The first-order valence-electron chi connectivity index (χ1n) is 4.23. The van der Waals surface area contributed by atoms with E-state index in [1.165, 1.54) is 0 Å². The zero-order chi connectivity index (χ0) is 11.4. The van der Waals surface area contributed by atoms with Gasteiger partial charge < -0.3 is 10.2 Å². The number of nitrogens with one attached hydrogen (secondary N) is 2. The van der Waals surface area contributed by atoms with Crippen LogP contribution in [0.15, 0.2) is 0 Å². The van der Waals surface area contributed by atoms with E-state index >= 15 is 0 Å². The van der Waals surface area contributed by atoms with Crippen molar-refractivity contribution in [3.63, 3.8) is 0 Å². The SMILES string of the molecule is CC(C)(C)NS(=O)(=O)NC(CO)CO. The molecule has 0 unspecified atom stereocenters. The molecule has 0 aromatic rings. The summed E-state index contributed by atoms with van der Waals surface area (Å²) in [5.41, 5.74) is -0.596. The third-order valence-electron chi connectivity index (χ3n) is 1.20. The molecule has 0 aliphatic carbocycles. The molecule has 0 aromatic carbocycles. The molecule has 0 aliphatic rings. The number of hydrogen-bond donors (Lipinski definition) is 4. The van der Waals surface area contributed by atoms with Crippen molar-refractivity contribution in [3.8, 4) is 0 Å². The van der Waals surface area contributed by atoms with E-state index in [1.807, 2.05) is 0 Å². The van der Waals surface area contributed by atoms with Gasteiger partial charge in [0.1, 0.15) is 0 Å². The molecule has 7 heteroatoms. The molecule has 0 fully saturated rings. The van der Waals surface area contributed by atoms with Gasteiger partial charge in [0.25, 0.3) is 10.2 Å². The van der Waals surface area contributed by atoms with Crippen LogP contribution in [0, 0.1) is 0 Å². The highest BCUT2D eigenvalue weighted by atomic mass is 32.2. The van der Waals surface area contributed by atoms with E-state index in [0.29, 0.717) is 0 Å². The van der Waals surface area contributed by atoms with E-state index in [9.17, 15) is 8.42 Å². The fourth-order valence-corrected chi connectivity index (χ4v) is 2.24. The van der Waals surface area contributed by atoms with Gasteiger partial charge in [0.15, 0.2) is 0 Å². The van der Waals surface area contributed by atoms with Crippen LogP contribution >= 0.6 is 0 Å². The van der Waals surface area contributed by atoms with Gasteiger partial charge in [0, 0.05) is 5.54 Å². The maximum Gasteiger partial charge on any atom is 0.277 e. The number of aliphatic hydroxyl groups is 2. The Balaban J connectivity index is 4.35. The Labute approximate surface area is 84.5 Å². The Bertz CT molecular complexity index is 253. The van der Waals surface area contributed by atoms with Crippen molar-refractivity contribution in [3.05, 3.63) is 0 Å². The molecular formula is C7H18N2O4S. The number of aliphatic hydroxyl groups excluding tert-OH is 2. The quantitative estimate of drug-likeness (QED) is 0.461. The molecule has 0 amide bonds. The molecule has 6 nitrogen and oxygen atoms in total. The van der Waals surface area contributed by atoms with Crippen molar-refractivity contribution >= 4 is 10.2 Å². The normalized spacial score (nSPS) is 13.6. The maximum absolute atomic E-state index is 11.3. The van der Waals surface area contributed by atoms with E-state index in [0.717, 1.165) is 0 Å². The molecule has 0 bridgehead atoms. The predicted octanol–water partition coefficient (Wildman–Crippen LogP) is -1.44. The summed E-state index contributed by atoms with van der Waals surface area (Å²) in [5.74, 6) is 0. The minimum Gasteiger partial charge on any atom is -0.395 e. The molecule has 0 aliphatic heterocycles. The van der Waals surface area contributed by atoms with E-state index in [1.54, 1.807) is 20.8 Å². The smallest absolute Gasteiger partial charge is 0.277 e. The van der Waals surface area contributed by atoms with E-state index < -0.39 is 35.0 Å². The summed E-state index contributed by atoms with van der Waals surface area (Å²) in [6.07, 6.45) is 0. The minimum absolute atomic E-state index is 0.443. The molecule has 86 valence electrons. The lowest BCUT2D eigenvalue weighted by Gasteiger charge is -2.22. The van der Waals surface area contributed by atoms with Crippen molar-refractivity contribution in [2.75, 3.05) is 13.2 Å². The van der Waals surface area contributed by atoms with Crippen LogP contribution in [0.4, 0.5) is 0 Å². The lowest BCUT2D eigenvalue weighted by atomic mass is 10.1. The van der Waals surface area contributed by atoms with Crippen LogP contribution in [0.25, 0.3) is 0 Å². The monoisotopic (exact) mass is 226 g/mol. The standard InChI is InChI=1S/C7H18N2O4S/c1-7(2,3)9-14(12,13)8-6(4-10)5-11/h6,8-11H,4-5H2,1-3H3. The summed E-state index contributed by atoms with van der Waals surface area (Å²) < 4.78 is 27.1. The number of rotatable bonds is 5.